The molecule has 0 spiro atoms. The van der Waals surface area contributed by atoms with Gasteiger partial charge in [0.1, 0.15) is 23.9 Å². The number of ether oxygens (including phenoxy) is 2. The van der Waals surface area contributed by atoms with E-state index in [0.29, 0.717) is 37.4 Å². The molecule has 1 amide bonds. The van der Waals surface area contributed by atoms with Crippen molar-refractivity contribution in [2.45, 2.75) is 19.9 Å². The monoisotopic (exact) mass is 429 g/mol. The molecule has 0 radical (unpaired) electrons. The Morgan fingerprint density at radius 1 is 1.03 bits per heavy atom. The molecule has 4 rings (SSSR count). The molecular formula is C26H27N3O3. The first-order valence-electron chi connectivity index (χ1n) is 10.7. The van der Waals surface area contributed by atoms with Gasteiger partial charge in [-0.25, -0.2) is 4.98 Å². The van der Waals surface area contributed by atoms with Crippen LogP contribution >= 0.6 is 0 Å². The molecule has 0 atom stereocenters. The number of rotatable bonds is 9. The molecule has 6 heteroatoms. The zero-order valence-corrected chi connectivity index (χ0v) is 18.4. The smallest absolute Gasteiger partial charge is 0.255 e. The molecule has 1 aromatic heterocycles. The Kier molecular flexibility index (Phi) is 6.70. The largest absolute Gasteiger partial charge is 0.496 e. The molecule has 0 aliphatic heterocycles. The number of methoxy groups -OCH3 is 1. The van der Waals surface area contributed by atoms with Gasteiger partial charge < -0.3 is 19.4 Å². The van der Waals surface area contributed by atoms with Crippen LogP contribution in [0.4, 0.5) is 0 Å². The van der Waals surface area contributed by atoms with Gasteiger partial charge in [-0.05, 0) is 48.9 Å². The highest BCUT2D eigenvalue weighted by Crippen LogP contribution is 2.19. The van der Waals surface area contributed by atoms with Crippen molar-refractivity contribution in [3.63, 3.8) is 0 Å². The average molecular weight is 430 g/mol. The number of aryl methyl sites for hydroxylation is 1. The van der Waals surface area contributed by atoms with E-state index in [1.165, 1.54) is 5.56 Å². The van der Waals surface area contributed by atoms with E-state index in [0.717, 1.165) is 22.6 Å². The quantitative estimate of drug-likeness (QED) is 0.428. The summed E-state index contributed by atoms with van der Waals surface area (Å²) >= 11 is 0. The zero-order valence-electron chi connectivity index (χ0n) is 18.4. The topological polar surface area (TPSA) is 65.4 Å². The first-order valence-corrected chi connectivity index (χ1v) is 10.7. The minimum absolute atomic E-state index is 0.159. The zero-order chi connectivity index (χ0) is 22.3. The molecule has 0 bridgehead atoms. The summed E-state index contributed by atoms with van der Waals surface area (Å²) in [5.41, 5.74) is 3.69. The predicted molar refractivity (Wildman–Crippen MR) is 125 cm³/mol. The van der Waals surface area contributed by atoms with Crippen molar-refractivity contribution in [1.29, 1.82) is 0 Å². The summed E-state index contributed by atoms with van der Waals surface area (Å²) in [6.45, 7) is 3.72. The van der Waals surface area contributed by atoms with Crippen LogP contribution in [0.3, 0.4) is 0 Å². The molecule has 0 aliphatic carbocycles. The van der Waals surface area contributed by atoms with E-state index < -0.39 is 0 Å². The predicted octanol–water partition coefficient (Wildman–Crippen LogP) is 4.40. The lowest BCUT2D eigenvalue weighted by molar-refractivity contribution is 0.0951. The molecule has 1 N–H and O–H groups in total. The van der Waals surface area contributed by atoms with Gasteiger partial charge in [0.25, 0.3) is 5.91 Å². The van der Waals surface area contributed by atoms with Crippen molar-refractivity contribution in [3.8, 4) is 11.5 Å². The van der Waals surface area contributed by atoms with Crippen LogP contribution in [-0.4, -0.2) is 35.7 Å². The molecular weight excluding hydrogens is 402 g/mol. The second-order valence-corrected chi connectivity index (χ2v) is 7.54. The number of carbonyl (C=O) groups is 1. The van der Waals surface area contributed by atoms with E-state index in [4.69, 9.17) is 14.5 Å². The highest BCUT2D eigenvalue weighted by molar-refractivity contribution is 5.96. The standard InChI is InChI=1S/C26H27N3O3/c1-19-8-7-9-20(18-19)32-17-16-29-23-12-5-4-11-22(23)28-25(29)14-15-27-26(30)21-10-3-6-13-24(21)31-2/h3-13,18H,14-17H2,1-2H3,(H,27,30). The Morgan fingerprint density at radius 3 is 2.69 bits per heavy atom. The number of fused-ring (bicyclic) bond motifs is 1. The fraction of sp³-hybridized carbons (Fsp3) is 0.231. The molecule has 1 heterocycles. The first kappa shape index (κ1) is 21.4. The minimum Gasteiger partial charge on any atom is -0.496 e. The maximum Gasteiger partial charge on any atom is 0.255 e. The Bertz CT molecular complexity index is 1220. The normalized spacial score (nSPS) is 10.8. The summed E-state index contributed by atoms with van der Waals surface area (Å²) in [5.74, 6) is 2.18. The number of nitrogens with zero attached hydrogens (tertiary/aromatic N) is 2. The second kappa shape index (κ2) is 10.0. The van der Waals surface area contributed by atoms with E-state index in [1.807, 2.05) is 61.5 Å². The number of aromatic nitrogens is 2. The number of hydrogen-bond acceptors (Lipinski definition) is 4. The van der Waals surface area contributed by atoms with Crippen LogP contribution in [0.2, 0.25) is 0 Å². The summed E-state index contributed by atoms with van der Waals surface area (Å²) in [5, 5.41) is 2.98. The van der Waals surface area contributed by atoms with E-state index in [1.54, 1.807) is 19.2 Å². The molecule has 6 nitrogen and oxygen atoms in total. The molecule has 164 valence electrons. The fourth-order valence-corrected chi connectivity index (χ4v) is 3.74. The number of nitrogens with one attached hydrogen (secondary N) is 1. The van der Waals surface area contributed by atoms with Gasteiger partial charge in [-0.15, -0.1) is 0 Å². The number of imidazole rings is 1. The lowest BCUT2D eigenvalue weighted by Crippen LogP contribution is -2.27. The molecule has 0 aliphatic rings. The lowest BCUT2D eigenvalue weighted by atomic mass is 10.2. The van der Waals surface area contributed by atoms with Crippen LogP contribution in [0.1, 0.15) is 21.7 Å². The number of carbonyl (C=O) groups excluding carboxylic acids is 1. The highest BCUT2D eigenvalue weighted by Gasteiger charge is 2.13. The Morgan fingerprint density at radius 2 is 1.84 bits per heavy atom. The molecule has 0 saturated carbocycles. The molecule has 4 aromatic rings. The third-order valence-electron chi connectivity index (χ3n) is 5.29. The maximum absolute atomic E-state index is 12.6. The van der Waals surface area contributed by atoms with E-state index in [-0.39, 0.29) is 5.91 Å². The van der Waals surface area contributed by atoms with Gasteiger partial charge in [-0.1, -0.05) is 36.4 Å². The number of hydrogen-bond donors (Lipinski definition) is 1. The molecule has 32 heavy (non-hydrogen) atoms. The minimum atomic E-state index is -0.159. The fourth-order valence-electron chi connectivity index (χ4n) is 3.74. The summed E-state index contributed by atoms with van der Waals surface area (Å²) in [6, 6.07) is 23.3. The van der Waals surface area contributed by atoms with Crippen molar-refractivity contribution in [3.05, 3.63) is 89.7 Å². The van der Waals surface area contributed by atoms with Gasteiger partial charge in [0, 0.05) is 13.0 Å². The van der Waals surface area contributed by atoms with Crippen molar-refractivity contribution in [1.82, 2.24) is 14.9 Å². The van der Waals surface area contributed by atoms with Crippen LogP contribution in [0.15, 0.2) is 72.8 Å². The van der Waals surface area contributed by atoms with Crippen molar-refractivity contribution >= 4 is 16.9 Å². The van der Waals surface area contributed by atoms with E-state index in [2.05, 4.69) is 16.0 Å². The van der Waals surface area contributed by atoms with E-state index >= 15 is 0 Å². The third kappa shape index (κ3) is 4.91. The summed E-state index contributed by atoms with van der Waals surface area (Å²) in [6.07, 6.45) is 0.611. The van der Waals surface area contributed by atoms with Crippen molar-refractivity contribution in [2.24, 2.45) is 0 Å². The number of amides is 1. The average Bonchev–Trinajstić information content (AvgIpc) is 3.16. The Labute approximate surface area is 187 Å². The SMILES string of the molecule is COc1ccccc1C(=O)NCCc1nc2ccccc2n1CCOc1cccc(C)c1. The van der Waals surface area contributed by atoms with Crippen molar-refractivity contribution < 1.29 is 14.3 Å². The summed E-state index contributed by atoms with van der Waals surface area (Å²) in [4.78, 5) is 17.4. The molecule has 3 aromatic carbocycles. The van der Waals surface area contributed by atoms with Gasteiger partial charge in [0.2, 0.25) is 0 Å². The van der Waals surface area contributed by atoms with Gasteiger partial charge in [0.05, 0.1) is 30.3 Å². The van der Waals surface area contributed by atoms with Crippen LogP contribution in [0.25, 0.3) is 11.0 Å². The van der Waals surface area contributed by atoms with Gasteiger partial charge >= 0.3 is 0 Å². The first-order chi connectivity index (χ1) is 15.7. The third-order valence-corrected chi connectivity index (χ3v) is 5.29. The lowest BCUT2D eigenvalue weighted by Gasteiger charge is -2.12. The Hall–Kier alpha value is -3.80. The summed E-state index contributed by atoms with van der Waals surface area (Å²) in [7, 11) is 1.56. The molecule has 0 saturated heterocycles. The molecule has 0 unspecified atom stereocenters. The molecule has 0 fully saturated rings. The van der Waals surface area contributed by atoms with Crippen LogP contribution in [0, 0.1) is 6.92 Å². The Balaban J connectivity index is 1.43. The van der Waals surface area contributed by atoms with Gasteiger partial charge in [-0.2, -0.15) is 0 Å². The van der Waals surface area contributed by atoms with Crippen LogP contribution < -0.4 is 14.8 Å². The number of para-hydroxylation sites is 3. The maximum atomic E-state index is 12.6. The number of benzene rings is 3. The van der Waals surface area contributed by atoms with Gasteiger partial charge in [-0.3, -0.25) is 4.79 Å². The van der Waals surface area contributed by atoms with Crippen molar-refractivity contribution in [2.75, 3.05) is 20.3 Å². The van der Waals surface area contributed by atoms with E-state index in [9.17, 15) is 4.79 Å². The van der Waals surface area contributed by atoms with Gasteiger partial charge in [0.15, 0.2) is 0 Å². The highest BCUT2D eigenvalue weighted by atomic mass is 16.5. The van der Waals surface area contributed by atoms with Crippen LogP contribution in [-0.2, 0) is 13.0 Å². The summed E-state index contributed by atoms with van der Waals surface area (Å²) < 4.78 is 13.4. The van der Waals surface area contributed by atoms with Crippen LogP contribution in [0.5, 0.6) is 11.5 Å². The second-order valence-electron chi connectivity index (χ2n) is 7.54.